The summed E-state index contributed by atoms with van der Waals surface area (Å²) in [5, 5.41) is 0. The van der Waals surface area contributed by atoms with E-state index in [-0.39, 0.29) is 0 Å². The highest BCUT2D eigenvalue weighted by atomic mass is 15.2. The lowest BCUT2D eigenvalue weighted by Gasteiger charge is -2.22. The SMILES string of the molecule is C=CCN(C)CCN(C)c1cnc2ccc(-c3ccc4c(c3)N=C(N)C4)cc2n1. The minimum absolute atomic E-state index is 0.674. The number of hydrogen-bond donors (Lipinski definition) is 1. The molecule has 1 aliphatic heterocycles. The summed E-state index contributed by atoms with van der Waals surface area (Å²) in [6.45, 7) is 6.46. The van der Waals surface area contributed by atoms with E-state index in [4.69, 9.17) is 10.7 Å². The molecular formula is C23H26N6. The summed E-state index contributed by atoms with van der Waals surface area (Å²) in [5.74, 6) is 1.54. The number of fused-ring (bicyclic) bond motifs is 2. The van der Waals surface area contributed by atoms with Gasteiger partial charge in [0, 0.05) is 33.1 Å². The summed E-state index contributed by atoms with van der Waals surface area (Å²) >= 11 is 0. The van der Waals surface area contributed by atoms with Gasteiger partial charge < -0.3 is 15.5 Å². The average Bonchev–Trinajstić information content (AvgIpc) is 3.10. The molecule has 1 aromatic heterocycles. The second-order valence-corrected chi connectivity index (χ2v) is 7.53. The molecule has 0 aliphatic carbocycles. The molecule has 0 bridgehead atoms. The summed E-state index contributed by atoms with van der Waals surface area (Å²) in [6, 6.07) is 12.5. The molecule has 4 rings (SSSR count). The van der Waals surface area contributed by atoms with E-state index in [2.05, 4.69) is 63.7 Å². The first-order valence-corrected chi connectivity index (χ1v) is 9.77. The van der Waals surface area contributed by atoms with Crippen LogP contribution in [0.2, 0.25) is 0 Å². The van der Waals surface area contributed by atoms with Gasteiger partial charge in [-0.1, -0.05) is 24.3 Å². The smallest absolute Gasteiger partial charge is 0.147 e. The van der Waals surface area contributed by atoms with Crippen LogP contribution >= 0.6 is 0 Å². The van der Waals surface area contributed by atoms with Gasteiger partial charge in [-0.2, -0.15) is 0 Å². The fourth-order valence-corrected chi connectivity index (χ4v) is 3.50. The molecule has 0 amide bonds. The molecule has 148 valence electrons. The van der Waals surface area contributed by atoms with Gasteiger partial charge in [-0.15, -0.1) is 6.58 Å². The minimum atomic E-state index is 0.674. The lowest BCUT2D eigenvalue weighted by atomic mass is 10.0. The van der Waals surface area contributed by atoms with Gasteiger partial charge in [-0.3, -0.25) is 4.98 Å². The van der Waals surface area contributed by atoms with Crippen molar-refractivity contribution in [3.8, 4) is 11.1 Å². The van der Waals surface area contributed by atoms with Gasteiger partial charge in [-0.05, 0) is 41.9 Å². The molecule has 29 heavy (non-hydrogen) atoms. The normalized spacial score (nSPS) is 12.9. The maximum absolute atomic E-state index is 5.87. The first kappa shape index (κ1) is 19.1. The Balaban J connectivity index is 1.59. The topological polar surface area (TPSA) is 70.6 Å². The maximum Gasteiger partial charge on any atom is 0.147 e. The zero-order valence-electron chi connectivity index (χ0n) is 17.0. The molecule has 0 fully saturated rings. The van der Waals surface area contributed by atoms with Gasteiger partial charge in [0.2, 0.25) is 0 Å². The van der Waals surface area contributed by atoms with Crippen molar-refractivity contribution in [2.45, 2.75) is 6.42 Å². The third kappa shape index (κ3) is 4.12. The van der Waals surface area contributed by atoms with Crippen LogP contribution in [0.5, 0.6) is 0 Å². The Labute approximate surface area is 171 Å². The summed E-state index contributed by atoms with van der Waals surface area (Å²) in [6.07, 6.45) is 4.48. The lowest BCUT2D eigenvalue weighted by Crippen LogP contribution is -2.31. The number of rotatable bonds is 7. The van der Waals surface area contributed by atoms with E-state index in [0.29, 0.717) is 5.84 Å². The van der Waals surface area contributed by atoms with Crippen LogP contribution in [0.3, 0.4) is 0 Å². The quantitative estimate of drug-likeness (QED) is 0.630. The zero-order chi connectivity index (χ0) is 20.4. The minimum Gasteiger partial charge on any atom is -0.387 e. The zero-order valence-corrected chi connectivity index (χ0v) is 17.0. The van der Waals surface area contributed by atoms with E-state index >= 15 is 0 Å². The summed E-state index contributed by atoms with van der Waals surface area (Å²) in [5.41, 5.74) is 12.0. The number of likely N-dealkylation sites (N-methyl/N-ethyl adjacent to an activating group) is 2. The number of aromatic nitrogens is 2. The number of amidine groups is 1. The molecule has 2 heterocycles. The van der Waals surface area contributed by atoms with Gasteiger partial charge in [0.1, 0.15) is 11.7 Å². The second-order valence-electron chi connectivity index (χ2n) is 7.53. The largest absolute Gasteiger partial charge is 0.387 e. The van der Waals surface area contributed by atoms with Crippen molar-refractivity contribution < 1.29 is 0 Å². The Morgan fingerprint density at radius 3 is 2.69 bits per heavy atom. The molecule has 3 aromatic rings. The predicted molar refractivity (Wildman–Crippen MR) is 121 cm³/mol. The summed E-state index contributed by atoms with van der Waals surface area (Å²) in [7, 11) is 4.13. The van der Waals surface area contributed by atoms with Gasteiger partial charge in [-0.25, -0.2) is 9.98 Å². The van der Waals surface area contributed by atoms with E-state index in [1.165, 1.54) is 5.56 Å². The van der Waals surface area contributed by atoms with E-state index in [1.54, 1.807) is 0 Å². The first-order chi connectivity index (χ1) is 14.0. The highest BCUT2D eigenvalue weighted by molar-refractivity contribution is 5.92. The van der Waals surface area contributed by atoms with E-state index in [1.807, 2.05) is 25.4 Å². The summed E-state index contributed by atoms with van der Waals surface area (Å²) in [4.78, 5) is 18.2. The number of hydrogen-bond acceptors (Lipinski definition) is 6. The highest BCUT2D eigenvalue weighted by Crippen LogP contribution is 2.32. The Bertz CT molecular complexity index is 1090. The average molecular weight is 387 g/mol. The van der Waals surface area contributed by atoms with Crippen molar-refractivity contribution in [2.24, 2.45) is 10.7 Å². The number of anilines is 1. The third-order valence-corrected chi connectivity index (χ3v) is 5.23. The fourth-order valence-electron chi connectivity index (χ4n) is 3.50. The van der Waals surface area contributed by atoms with Crippen molar-refractivity contribution in [1.82, 2.24) is 14.9 Å². The monoisotopic (exact) mass is 386 g/mol. The highest BCUT2D eigenvalue weighted by Gasteiger charge is 2.13. The number of aliphatic imine (C=N–C) groups is 1. The van der Waals surface area contributed by atoms with Gasteiger partial charge in [0.25, 0.3) is 0 Å². The van der Waals surface area contributed by atoms with Gasteiger partial charge in [0.15, 0.2) is 0 Å². The van der Waals surface area contributed by atoms with Gasteiger partial charge in [0.05, 0.1) is 22.9 Å². The number of nitrogens with zero attached hydrogens (tertiary/aromatic N) is 5. The molecule has 2 aromatic carbocycles. The standard InChI is InChI=1S/C23H26N6/c1-4-9-28(2)10-11-29(3)23-15-25-19-8-7-17(13-21(19)27-23)16-5-6-18-14-22(24)26-20(18)12-16/h4-8,12-13,15H,1,9-11,14H2,2-3H3,(H2,24,26). The molecule has 0 unspecified atom stereocenters. The first-order valence-electron chi connectivity index (χ1n) is 9.77. The number of benzene rings is 2. The fraction of sp³-hybridized carbons (Fsp3) is 0.261. The third-order valence-electron chi connectivity index (χ3n) is 5.23. The molecule has 6 nitrogen and oxygen atoms in total. The molecule has 0 radical (unpaired) electrons. The molecule has 1 aliphatic rings. The van der Waals surface area contributed by atoms with Crippen molar-refractivity contribution in [3.05, 3.63) is 60.8 Å². The van der Waals surface area contributed by atoms with Crippen molar-refractivity contribution in [1.29, 1.82) is 0 Å². The van der Waals surface area contributed by atoms with Gasteiger partial charge >= 0.3 is 0 Å². The Morgan fingerprint density at radius 2 is 1.86 bits per heavy atom. The van der Waals surface area contributed by atoms with Crippen LogP contribution in [-0.4, -0.2) is 54.4 Å². The van der Waals surface area contributed by atoms with E-state index in [0.717, 1.165) is 59.7 Å². The molecule has 0 atom stereocenters. The van der Waals surface area contributed by atoms with Crippen molar-refractivity contribution >= 4 is 28.4 Å². The Kier molecular flexibility index (Phi) is 5.27. The summed E-state index contributed by atoms with van der Waals surface area (Å²) < 4.78 is 0. The van der Waals surface area contributed by atoms with Crippen LogP contribution in [0, 0.1) is 0 Å². The maximum atomic E-state index is 5.87. The number of nitrogens with two attached hydrogens (primary N) is 1. The van der Waals surface area contributed by atoms with Crippen molar-refractivity contribution in [2.75, 3.05) is 38.6 Å². The lowest BCUT2D eigenvalue weighted by molar-refractivity contribution is 0.378. The molecule has 2 N–H and O–H groups in total. The Morgan fingerprint density at radius 1 is 1.07 bits per heavy atom. The van der Waals surface area contributed by atoms with Crippen LogP contribution in [-0.2, 0) is 6.42 Å². The van der Waals surface area contributed by atoms with E-state index < -0.39 is 0 Å². The molecule has 0 saturated carbocycles. The van der Waals surface area contributed by atoms with Crippen LogP contribution in [0.1, 0.15) is 5.56 Å². The Hall–Kier alpha value is -3.25. The van der Waals surface area contributed by atoms with E-state index in [9.17, 15) is 0 Å². The molecular weight excluding hydrogens is 360 g/mol. The second kappa shape index (κ2) is 8.01. The molecule has 0 saturated heterocycles. The van der Waals surface area contributed by atoms with Crippen LogP contribution in [0.4, 0.5) is 11.5 Å². The van der Waals surface area contributed by atoms with Crippen LogP contribution in [0.15, 0.2) is 60.2 Å². The van der Waals surface area contributed by atoms with Crippen LogP contribution in [0.25, 0.3) is 22.2 Å². The predicted octanol–water partition coefficient (Wildman–Crippen LogP) is 3.40. The molecule has 6 heteroatoms. The molecule has 0 spiro atoms. The van der Waals surface area contributed by atoms with Crippen molar-refractivity contribution in [3.63, 3.8) is 0 Å². The van der Waals surface area contributed by atoms with Crippen LogP contribution < -0.4 is 10.6 Å².